The zero-order valence-corrected chi connectivity index (χ0v) is 13.3. The molecular formula is C16H31NO. The maximum absolute atomic E-state index is 6.36. The van der Waals surface area contributed by atoms with Crippen LogP contribution in [0.2, 0.25) is 0 Å². The van der Waals surface area contributed by atoms with Gasteiger partial charge in [0.1, 0.15) is 0 Å². The van der Waals surface area contributed by atoms with Crippen LogP contribution in [0, 0.1) is 16.7 Å². The highest BCUT2D eigenvalue weighted by molar-refractivity contribution is 5.11. The fourth-order valence-corrected chi connectivity index (χ4v) is 3.82. The van der Waals surface area contributed by atoms with E-state index in [0.717, 1.165) is 12.5 Å². The van der Waals surface area contributed by atoms with Crippen LogP contribution in [0.15, 0.2) is 0 Å². The van der Waals surface area contributed by atoms with E-state index >= 15 is 0 Å². The third-order valence-electron chi connectivity index (χ3n) is 6.56. The molecule has 2 rings (SSSR count). The predicted octanol–water partition coefficient (Wildman–Crippen LogP) is 3.56. The fourth-order valence-electron chi connectivity index (χ4n) is 3.82. The van der Waals surface area contributed by atoms with Crippen molar-refractivity contribution < 1.29 is 4.74 Å². The number of hydrogen-bond donors (Lipinski definition) is 0. The first-order valence-corrected chi connectivity index (χ1v) is 7.40. The van der Waals surface area contributed by atoms with Crippen LogP contribution in [-0.4, -0.2) is 37.2 Å². The molecule has 2 aliphatic carbocycles. The monoisotopic (exact) mass is 253 g/mol. The highest BCUT2D eigenvalue weighted by Gasteiger charge is 2.61. The summed E-state index contributed by atoms with van der Waals surface area (Å²) in [4.78, 5) is 2.26. The number of rotatable bonds is 4. The van der Waals surface area contributed by atoms with Gasteiger partial charge in [-0.3, -0.25) is 0 Å². The molecule has 0 aromatic heterocycles. The molecule has 0 radical (unpaired) electrons. The average molecular weight is 253 g/mol. The Hall–Kier alpha value is -0.0800. The summed E-state index contributed by atoms with van der Waals surface area (Å²) in [6.07, 6.45) is 4.48. The molecule has 3 atom stereocenters. The number of hydrogen-bond acceptors (Lipinski definition) is 2. The molecule has 0 aliphatic heterocycles. The van der Waals surface area contributed by atoms with Crippen molar-refractivity contribution in [2.75, 3.05) is 20.7 Å². The number of fused-ring (bicyclic) bond motifs is 2. The molecule has 0 amide bonds. The lowest BCUT2D eigenvalue weighted by Gasteiger charge is -2.41. The number of ether oxygens (including phenoxy) is 1. The first-order valence-electron chi connectivity index (χ1n) is 7.40. The molecule has 0 aromatic rings. The van der Waals surface area contributed by atoms with E-state index in [0.29, 0.717) is 16.9 Å². The van der Waals surface area contributed by atoms with Crippen LogP contribution in [0.25, 0.3) is 0 Å². The standard InChI is InChI=1S/C16H31NO/c1-14(2,17(6)7)11-18-13-10-12-8-9-16(13,5)15(12,3)4/h12-13H,8-11H2,1-7H3/t12-,13-,16-/m1/s1. The van der Waals surface area contributed by atoms with Gasteiger partial charge in [-0.05, 0) is 64.0 Å². The molecule has 0 saturated heterocycles. The summed E-state index contributed by atoms with van der Waals surface area (Å²) in [6.45, 7) is 12.7. The van der Waals surface area contributed by atoms with Crippen LogP contribution in [0.5, 0.6) is 0 Å². The van der Waals surface area contributed by atoms with Crippen LogP contribution >= 0.6 is 0 Å². The van der Waals surface area contributed by atoms with Crippen molar-refractivity contribution in [3.8, 4) is 0 Å². The summed E-state index contributed by atoms with van der Waals surface area (Å²) in [5.41, 5.74) is 0.975. The van der Waals surface area contributed by atoms with Gasteiger partial charge in [0, 0.05) is 5.54 Å². The normalized spacial score (nSPS) is 38.7. The van der Waals surface area contributed by atoms with Crippen LogP contribution < -0.4 is 0 Å². The van der Waals surface area contributed by atoms with Gasteiger partial charge < -0.3 is 9.64 Å². The predicted molar refractivity (Wildman–Crippen MR) is 76.7 cm³/mol. The Kier molecular flexibility index (Phi) is 3.35. The minimum Gasteiger partial charge on any atom is -0.376 e. The van der Waals surface area contributed by atoms with Gasteiger partial charge >= 0.3 is 0 Å². The van der Waals surface area contributed by atoms with Crippen molar-refractivity contribution in [1.29, 1.82) is 0 Å². The Morgan fingerprint density at radius 2 is 1.83 bits per heavy atom. The lowest BCUT2D eigenvalue weighted by atomic mass is 9.70. The molecule has 2 fully saturated rings. The van der Waals surface area contributed by atoms with Gasteiger partial charge in [0.05, 0.1) is 12.7 Å². The topological polar surface area (TPSA) is 12.5 Å². The van der Waals surface area contributed by atoms with Crippen LogP contribution in [-0.2, 0) is 4.74 Å². The van der Waals surface area contributed by atoms with Crippen molar-refractivity contribution in [3.63, 3.8) is 0 Å². The van der Waals surface area contributed by atoms with E-state index < -0.39 is 0 Å². The smallest absolute Gasteiger partial charge is 0.0648 e. The third kappa shape index (κ3) is 1.92. The van der Waals surface area contributed by atoms with E-state index in [2.05, 4.69) is 53.6 Å². The van der Waals surface area contributed by atoms with Crippen molar-refractivity contribution in [2.24, 2.45) is 16.7 Å². The Labute approximate surface area is 113 Å². The van der Waals surface area contributed by atoms with Gasteiger partial charge in [0.15, 0.2) is 0 Å². The van der Waals surface area contributed by atoms with E-state index in [4.69, 9.17) is 4.74 Å². The second kappa shape index (κ2) is 4.21. The molecule has 2 nitrogen and oxygen atoms in total. The van der Waals surface area contributed by atoms with Crippen molar-refractivity contribution >= 4 is 0 Å². The van der Waals surface area contributed by atoms with Gasteiger partial charge in [-0.2, -0.15) is 0 Å². The van der Waals surface area contributed by atoms with E-state index in [1.165, 1.54) is 19.3 Å². The molecule has 106 valence electrons. The van der Waals surface area contributed by atoms with Crippen LogP contribution in [0.3, 0.4) is 0 Å². The lowest BCUT2D eigenvalue weighted by molar-refractivity contribution is -0.0771. The number of likely N-dealkylation sites (N-methyl/N-ethyl adjacent to an activating group) is 1. The van der Waals surface area contributed by atoms with Gasteiger partial charge in [-0.1, -0.05) is 20.8 Å². The van der Waals surface area contributed by atoms with Gasteiger partial charge in [-0.25, -0.2) is 0 Å². The molecule has 0 heterocycles. The molecule has 0 spiro atoms. The molecular weight excluding hydrogens is 222 g/mol. The second-order valence-electron chi connectivity index (χ2n) is 8.12. The van der Waals surface area contributed by atoms with E-state index in [9.17, 15) is 0 Å². The van der Waals surface area contributed by atoms with Crippen molar-refractivity contribution in [1.82, 2.24) is 4.90 Å². The Morgan fingerprint density at radius 3 is 2.22 bits per heavy atom. The minimum atomic E-state index is 0.127. The summed E-state index contributed by atoms with van der Waals surface area (Å²) in [5.74, 6) is 0.870. The van der Waals surface area contributed by atoms with E-state index in [1.807, 2.05) is 0 Å². The molecule has 2 heteroatoms. The van der Waals surface area contributed by atoms with Crippen molar-refractivity contribution in [3.05, 3.63) is 0 Å². The molecule has 2 saturated carbocycles. The zero-order chi connectivity index (χ0) is 13.8. The summed E-state index contributed by atoms with van der Waals surface area (Å²) in [5, 5.41) is 0. The van der Waals surface area contributed by atoms with E-state index in [1.54, 1.807) is 0 Å². The summed E-state index contributed by atoms with van der Waals surface area (Å²) < 4.78 is 6.36. The first kappa shape index (κ1) is 14.3. The molecule has 2 bridgehead atoms. The third-order valence-corrected chi connectivity index (χ3v) is 6.56. The molecule has 0 N–H and O–H groups in total. The summed E-state index contributed by atoms with van der Waals surface area (Å²) in [7, 11) is 4.27. The molecule has 2 aliphatic rings. The quantitative estimate of drug-likeness (QED) is 0.759. The zero-order valence-electron chi connectivity index (χ0n) is 13.3. The Morgan fingerprint density at radius 1 is 1.22 bits per heavy atom. The second-order valence-corrected chi connectivity index (χ2v) is 8.12. The summed E-state index contributed by atoms with van der Waals surface area (Å²) in [6, 6.07) is 0. The van der Waals surface area contributed by atoms with Gasteiger partial charge in [0.25, 0.3) is 0 Å². The van der Waals surface area contributed by atoms with Crippen LogP contribution in [0.1, 0.15) is 53.9 Å². The van der Waals surface area contributed by atoms with Gasteiger partial charge in [-0.15, -0.1) is 0 Å². The first-order chi connectivity index (χ1) is 8.11. The van der Waals surface area contributed by atoms with Crippen LogP contribution in [0.4, 0.5) is 0 Å². The highest BCUT2D eigenvalue weighted by atomic mass is 16.5. The fraction of sp³-hybridized carbons (Fsp3) is 1.00. The Bertz CT molecular complexity index is 321. The van der Waals surface area contributed by atoms with Gasteiger partial charge in [0.2, 0.25) is 0 Å². The molecule has 18 heavy (non-hydrogen) atoms. The lowest BCUT2D eigenvalue weighted by Crippen LogP contribution is -2.46. The molecule has 0 aromatic carbocycles. The average Bonchev–Trinajstić information content (AvgIpc) is 2.58. The van der Waals surface area contributed by atoms with E-state index in [-0.39, 0.29) is 5.54 Å². The highest BCUT2D eigenvalue weighted by Crippen LogP contribution is 2.66. The maximum Gasteiger partial charge on any atom is 0.0648 e. The maximum atomic E-state index is 6.36. The Balaban J connectivity index is 2.01. The summed E-state index contributed by atoms with van der Waals surface area (Å²) >= 11 is 0. The largest absolute Gasteiger partial charge is 0.376 e. The number of nitrogens with zero attached hydrogens (tertiary/aromatic N) is 1. The SMILES string of the molecule is CN(C)C(C)(C)CO[C@@H]1C[C@H]2CC[C@@]1(C)C2(C)C. The molecule has 0 unspecified atom stereocenters. The van der Waals surface area contributed by atoms with Crippen molar-refractivity contribution in [2.45, 2.75) is 65.5 Å². The minimum absolute atomic E-state index is 0.127.